The highest BCUT2D eigenvalue weighted by molar-refractivity contribution is 5.72. The lowest BCUT2D eigenvalue weighted by Gasteiger charge is -2.22. The van der Waals surface area contributed by atoms with E-state index in [1.807, 2.05) is 0 Å². The van der Waals surface area contributed by atoms with Gasteiger partial charge in [0.2, 0.25) is 17.4 Å². The topological polar surface area (TPSA) is 28.0 Å². The van der Waals surface area contributed by atoms with E-state index in [0.29, 0.717) is 12.0 Å². The van der Waals surface area contributed by atoms with E-state index in [9.17, 15) is 5.11 Å². The van der Waals surface area contributed by atoms with Gasteiger partial charge in [-0.05, 0) is 55.4 Å². The van der Waals surface area contributed by atoms with E-state index in [1.54, 1.807) is 0 Å². The number of pyridine rings is 2. The summed E-state index contributed by atoms with van der Waals surface area (Å²) in [4.78, 5) is 0. The maximum Gasteiger partial charge on any atom is 0.263 e. The number of hydrogen-bond donors (Lipinski definition) is 1. The summed E-state index contributed by atoms with van der Waals surface area (Å²) < 4.78 is 5.03. The Bertz CT molecular complexity index is 1530. The third-order valence-electron chi connectivity index (χ3n) is 8.70. The molecule has 6 rings (SSSR count). The second-order valence-corrected chi connectivity index (χ2v) is 12.5. The summed E-state index contributed by atoms with van der Waals surface area (Å²) in [6.45, 7) is 13.6. The number of aliphatic hydroxyl groups is 1. The second kappa shape index (κ2) is 8.88. The number of aryl methyl sites for hydroxylation is 1. The zero-order chi connectivity index (χ0) is 26.8. The quantitative estimate of drug-likeness (QED) is 0.315. The van der Waals surface area contributed by atoms with E-state index in [-0.39, 0.29) is 17.6 Å². The van der Waals surface area contributed by atoms with Crippen LogP contribution in [0.5, 0.6) is 0 Å². The lowest BCUT2D eigenvalue weighted by molar-refractivity contribution is -0.778. The molecule has 2 aromatic heterocycles. The van der Waals surface area contributed by atoms with Crippen LogP contribution in [-0.2, 0) is 17.4 Å². The zero-order valence-electron chi connectivity index (χ0n) is 23.6. The van der Waals surface area contributed by atoms with E-state index >= 15 is 0 Å². The van der Waals surface area contributed by atoms with Crippen molar-refractivity contribution in [2.45, 2.75) is 77.3 Å². The molecule has 1 fully saturated rings. The van der Waals surface area contributed by atoms with Crippen molar-refractivity contribution in [3.63, 3.8) is 0 Å². The predicted octanol–water partition coefficient (Wildman–Crippen LogP) is 6.43. The maximum absolute atomic E-state index is 10.6. The molecule has 1 aromatic carbocycles. The normalized spacial score (nSPS) is 23.2. The minimum absolute atomic E-state index is 0.000330. The number of aliphatic hydroxyl groups excluding tert-OH is 1. The number of fused-ring (bicyclic) bond motifs is 10. The second-order valence-electron chi connectivity index (χ2n) is 12.5. The molecule has 194 valence electrons. The van der Waals surface area contributed by atoms with Gasteiger partial charge in [0.05, 0.1) is 17.7 Å². The van der Waals surface area contributed by atoms with Crippen LogP contribution >= 0.6 is 0 Å². The molecule has 1 N–H and O–H groups in total. The van der Waals surface area contributed by atoms with Gasteiger partial charge in [-0.3, -0.25) is 0 Å². The number of rotatable bonds is 5. The first-order valence-electron chi connectivity index (χ1n) is 14.1. The summed E-state index contributed by atoms with van der Waals surface area (Å²) in [5.74, 6) is 0.338. The number of allylic oxidation sites excluding steroid dienone is 5. The first-order valence-corrected chi connectivity index (χ1v) is 14.1. The van der Waals surface area contributed by atoms with Crippen LogP contribution in [0.3, 0.4) is 0 Å². The molecule has 3 aliphatic rings. The van der Waals surface area contributed by atoms with Crippen LogP contribution in [0.25, 0.3) is 16.8 Å². The summed E-state index contributed by atoms with van der Waals surface area (Å²) in [6.07, 6.45) is 15.7. The van der Waals surface area contributed by atoms with Gasteiger partial charge in [0.25, 0.3) is 5.54 Å². The van der Waals surface area contributed by atoms with E-state index in [1.165, 1.54) is 39.1 Å². The predicted molar refractivity (Wildman–Crippen MR) is 154 cm³/mol. The molecule has 3 atom stereocenters. The average molecular weight is 505 g/mol. The van der Waals surface area contributed by atoms with Gasteiger partial charge in [-0.15, -0.1) is 0 Å². The highest BCUT2D eigenvalue weighted by Crippen LogP contribution is 2.67. The number of nitrogens with zero attached hydrogens (tertiary/aromatic N) is 2. The smallest absolute Gasteiger partial charge is 0.263 e. The van der Waals surface area contributed by atoms with Crippen LogP contribution < -0.4 is 9.13 Å². The molecule has 0 bridgehead atoms. The average Bonchev–Trinajstić information content (AvgIpc) is 3.45. The van der Waals surface area contributed by atoms with Gasteiger partial charge < -0.3 is 5.11 Å². The van der Waals surface area contributed by atoms with Gasteiger partial charge in [-0.1, -0.05) is 69.7 Å². The van der Waals surface area contributed by atoms with Crippen molar-refractivity contribution in [1.82, 2.24) is 0 Å². The first-order chi connectivity index (χ1) is 18.2. The lowest BCUT2D eigenvalue weighted by atomic mass is 9.82. The molecule has 1 saturated carbocycles. The molecule has 3 heteroatoms. The molecule has 3 nitrogen and oxygen atoms in total. The summed E-state index contributed by atoms with van der Waals surface area (Å²) in [6, 6.07) is 16.1. The zero-order valence-corrected chi connectivity index (χ0v) is 23.6. The Morgan fingerprint density at radius 3 is 2.61 bits per heavy atom. The van der Waals surface area contributed by atoms with Gasteiger partial charge in [0.15, 0.2) is 12.4 Å². The molecule has 2 aliphatic heterocycles. The van der Waals surface area contributed by atoms with Crippen LogP contribution in [0.1, 0.15) is 80.9 Å². The molecular formula is C35H40N2O+2. The van der Waals surface area contributed by atoms with Crippen molar-refractivity contribution in [1.29, 1.82) is 0 Å². The van der Waals surface area contributed by atoms with Crippen LogP contribution in [0.2, 0.25) is 0 Å². The summed E-state index contributed by atoms with van der Waals surface area (Å²) in [7, 11) is 0. The summed E-state index contributed by atoms with van der Waals surface area (Å²) in [5, 5.41) is 10.6. The molecule has 0 amide bonds. The Hall–Kier alpha value is -3.30. The summed E-state index contributed by atoms with van der Waals surface area (Å²) >= 11 is 0. The van der Waals surface area contributed by atoms with E-state index in [0.717, 1.165) is 24.1 Å². The Labute approximate surface area is 227 Å². The van der Waals surface area contributed by atoms with Crippen molar-refractivity contribution < 1.29 is 14.2 Å². The van der Waals surface area contributed by atoms with Gasteiger partial charge >= 0.3 is 0 Å². The number of hydrogen-bond acceptors (Lipinski definition) is 1. The Morgan fingerprint density at radius 1 is 1.08 bits per heavy atom. The molecule has 3 unspecified atom stereocenters. The third-order valence-corrected chi connectivity index (χ3v) is 8.70. The van der Waals surface area contributed by atoms with Crippen molar-refractivity contribution in [2.75, 3.05) is 6.61 Å². The lowest BCUT2D eigenvalue weighted by Crippen LogP contribution is -2.51. The standard InChI is InChI=1S/C35H40N2O/c1-7-8-9-12-23(2)17-25-18-31-26(22-38)19-35(37(31)21-29(25)34(4,5)6)32-28-14-11-10-13-27(28)30-16-15-24(3)20-36(30)33(32)35/h8-16,18-21,32-33,38H,7,17,22H2,1-6H3/q+2/b9-8-,23-12-. The van der Waals surface area contributed by atoms with Gasteiger partial charge in [0, 0.05) is 29.3 Å². The van der Waals surface area contributed by atoms with Gasteiger partial charge in [0.1, 0.15) is 5.92 Å². The van der Waals surface area contributed by atoms with Gasteiger partial charge in [-0.25, -0.2) is 0 Å². The van der Waals surface area contributed by atoms with Crippen molar-refractivity contribution in [2.24, 2.45) is 0 Å². The van der Waals surface area contributed by atoms with Gasteiger partial charge in [-0.2, -0.15) is 9.13 Å². The molecule has 1 spiro atoms. The van der Waals surface area contributed by atoms with E-state index in [2.05, 4.69) is 130 Å². The van der Waals surface area contributed by atoms with Crippen molar-refractivity contribution in [3.05, 3.63) is 113 Å². The van der Waals surface area contributed by atoms with Crippen molar-refractivity contribution >= 4 is 5.57 Å². The fourth-order valence-corrected chi connectivity index (χ4v) is 6.99. The fraction of sp³-hybridized carbons (Fsp3) is 0.371. The number of benzene rings is 1. The van der Waals surface area contributed by atoms with E-state index < -0.39 is 0 Å². The Kier molecular flexibility index (Phi) is 5.84. The molecule has 0 radical (unpaired) electrons. The molecule has 4 heterocycles. The Balaban J connectivity index is 1.55. The van der Waals surface area contributed by atoms with Crippen LogP contribution in [0.15, 0.2) is 84.7 Å². The highest BCUT2D eigenvalue weighted by Gasteiger charge is 2.83. The van der Waals surface area contributed by atoms with Crippen molar-refractivity contribution in [3.8, 4) is 11.3 Å². The maximum atomic E-state index is 10.6. The SMILES string of the molecule is CC/C=C\C=C(\C)Cc1cc2[n+](cc1C(C)(C)C)C1(C=C2CO)C2c3ccccc3-c3ccc(C)c[n+]3C21. The first kappa shape index (κ1) is 25.0. The van der Waals surface area contributed by atoms with Crippen LogP contribution in [-0.4, -0.2) is 11.7 Å². The Morgan fingerprint density at radius 2 is 1.87 bits per heavy atom. The molecular weight excluding hydrogens is 464 g/mol. The number of aromatic nitrogens is 2. The third kappa shape index (κ3) is 3.66. The fourth-order valence-electron chi connectivity index (χ4n) is 6.99. The summed E-state index contributed by atoms with van der Waals surface area (Å²) in [5.41, 5.74) is 11.4. The molecule has 1 aliphatic carbocycles. The van der Waals surface area contributed by atoms with Crippen LogP contribution in [0, 0.1) is 6.92 Å². The van der Waals surface area contributed by atoms with E-state index in [4.69, 9.17) is 0 Å². The monoisotopic (exact) mass is 504 g/mol. The highest BCUT2D eigenvalue weighted by atomic mass is 16.3. The molecule has 3 aromatic rings. The molecule has 38 heavy (non-hydrogen) atoms. The van der Waals surface area contributed by atoms with Crippen LogP contribution in [0.4, 0.5) is 0 Å². The minimum atomic E-state index is -0.208. The largest absolute Gasteiger partial charge is 0.391 e. The minimum Gasteiger partial charge on any atom is -0.391 e. The molecule has 0 saturated heterocycles.